The first kappa shape index (κ1) is 23.6. The van der Waals surface area contributed by atoms with E-state index >= 15 is 0 Å². The Balaban J connectivity index is 1.56. The molecule has 0 spiro atoms. The Bertz CT molecular complexity index is 1440. The van der Waals surface area contributed by atoms with Crippen LogP contribution in [0, 0.1) is 0 Å². The number of nitrogens with two attached hydrogens (primary N) is 1. The number of benzene rings is 3. The number of carboxylic acids is 1. The number of nitrogens with zero attached hydrogens (tertiary/aromatic N) is 1. The van der Waals surface area contributed by atoms with Crippen LogP contribution in [0.25, 0.3) is 22.2 Å². The van der Waals surface area contributed by atoms with Crippen LogP contribution in [0.5, 0.6) is 11.5 Å². The normalized spacial score (nSPS) is 17.8. The van der Waals surface area contributed by atoms with Crippen LogP contribution in [-0.4, -0.2) is 28.3 Å². The number of fused-ring (bicyclic) bond motifs is 5. The van der Waals surface area contributed by atoms with Crippen LogP contribution in [0.15, 0.2) is 66.7 Å². The lowest BCUT2D eigenvalue weighted by Gasteiger charge is -2.27. The van der Waals surface area contributed by atoms with Gasteiger partial charge in [0.05, 0.1) is 17.3 Å². The number of carboxylic acid groups (broad SMARTS) is 1. The van der Waals surface area contributed by atoms with E-state index in [1.54, 1.807) is 12.1 Å². The van der Waals surface area contributed by atoms with Crippen LogP contribution >= 0.6 is 0 Å². The Hall–Kier alpha value is -3.77. The van der Waals surface area contributed by atoms with Gasteiger partial charge in [-0.2, -0.15) is 0 Å². The maximum absolute atomic E-state index is 11.9. The lowest BCUT2D eigenvalue weighted by atomic mass is 9.81. The van der Waals surface area contributed by atoms with E-state index in [1.165, 1.54) is 24.8 Å². The zero-order chi connectivity index (χ0) is 25.4. The molecule has 6 rings (SSSR count). The quantitative estimate of drug-likeness (QED) is 0.336. The summed E-state index contributed by atoms with van der Waals surface area (Å²) in [5.41, 5.74) is 12.2. The topological polar surface area (TPSA) is 86.7 Å². The fourth-order valence-corrected chi connectivity index (χ4v) is 5.97. The molecule has 1 aliphatic heterocycles. The van der Waals surface area contributed by atoms with Gasteiger partial charge in [0, 0.05) is 23.0 Å². The van der Waals surface area contributed by atoms with E-state index in [2.05, 4.69) is 10.6 Å². The van der Waals surface area contributed by atoms with Gasteiger partial charge in [-0.1, -0.05) is 61.7 Å². The predicted octanol–water partition coefficient (Wildman–Crippen LogP) is 6.35. The molecule has 0 saturated heterocycles. The van der Waals surface area contributed by atoms with Gasteiger partial charge in [0.2, 0.25) is 0 Å². The fraction of sp³-hybridized carbons (Fsp3) is 0.323. The highest BCUT2D eigenvalue weighted by atomic mass is 16.5. The van der Waals surface area contributed by atoms with Gasteiger partial charge in [0.1, 0.15) is 13.2 Å². The molecular formula is C31H32N2O4. The average Bonchev–Trinajstić information content (AvgIpc) is 3.23. The van der Waals surface area contributed by atoms with E-state index in [0.29, 0.717) is 37.2 Å². The summed E-state index contributed by atoms with van der Waals surface area (Å²) in [6, 6.07) is 21.4. The molecule has 190 valence electrons. The third kappa shape index (κ3) is 4.46. The number of rotatable bonds is 5. The van der Waals surface area contributed by atoms with Gasteiger partial charge in [0.15, 0.2) is 11.5 Å². The third-order valence-corrected chi connectivity index (χ3v) is 7.69. The summed E-state index contributed by atoms with van der Waals surface area (Å²) in [7, 11) is 0. The van der Waals surface area contributed by atoms with Crippen LogP contribution in [0.1, 0.15) is 59.5 Å². The maximum Gasteiger partial charge on any atom is 0.335 e. The minimum atomic E-state index is -0.924. The smallest absolute Gasteiger partial charge is 0.335 e. The lowest BCUT2D eigenvalue weighted by Crippen LogP contribution is -2.34. The Labute approximate surface area is 216 Å². The number of hydrogen-bond acceptors (Lipinski definition) is 4. The molecule has 3 N–H and O–H groups in total. The molecule has 6 heteroatoms. The molecular weight excluding hydrogens is 464 g/mol. The minimum absolute atomic E-state index is 0.252. The van der Waals surface area contributed by atoms with Gasteiger partial charge in [-0.15, -0.1) is 0 Å². The van der Waals surface area contributed by atoms with Crippen molar-refractivity contribution in [1.82, 2.24) is 4.57 Å². The van der Waals surface area contributed by atoms with Crippen LogP contribution < -0.4 is 15.2 Å². The van der Waals surface area contributed by atoms with E-state index < -0.39 is 5.97 Å². The van der Waals surface area contributed by atoms with Gasteiger partial charge < -0.3 is 24.9 Å². The summed E-state index contributed by atoms with van der Waals surface area (Å²) in [5, 5.41) is 10.8. The van der Waals surface area contributed by atoms with E-state index in [9.17, 15) is 9.90 Å². The van der Waals surface area contributed by atoms with Crippen molar-refractivity contribution in [3.63, 3.8) is 0 Å². The highest BCUT2D eigenvalue weighted by Crippen LogP contribution is 2.49. The predicted molar refractivity (Wildman–Crippen MR) is 144 cm³/mol. The molecule has 2 aliphatic rings. The molecule has 2 heterocycles. The molecule has 4 aromatic rings. The summed E-state index contributed by atoms with van der Waals surface area (Å²) in [4.78, 5) is 11.9. The molecule has 1 fully saturated rings. The Morgan fingerprint density at radius 1 is 1.03 bits per heavy atom. The molecule has 6 nitrogen and oxygen atoms in total. The second-order valence-electron chi connectivity index (χ2n) is 10.2. The largest absolute Gasteiger partial charge is 0.487 e. The molecule has 1 atom stereocenters. The first-order valence-electron chi connectivity index (χ1n) is 13.2. The maximum atomic E-state index is 11.9. The van der Waals surface area contributed by atoms with Crippen LogP contribution in [0.3, 0.4) is 0 Å². The van der Waals surface area contributed by atoms with Crippen molar-refractivity contribution in [1.29, 1.82) is 0 Å². The van der Waals surface area contributed by atoms with Gasteiger partial charge in [0.25, 0.3) is 0 Å². The second-order valence-corrected chi connectivity index (χ2v) is 10.2. The van der Waals surface area contributed by atoms with Crippen molar-refractivity contribution < 1.29 is 19.4 Å². The Morgan fingerprint density at radius 3 is 2.62 bits per heavy atom. The number of ether oxygens (including phenoxy) is 2. The molecule has 1 aliphatic carbocycles. The summed E-state index contributed by atoms with van der Waals surface area (Å²) in [6.07, 6.45) is 5.91. The van der Waals surface area contributed by atoms with E-state index in [4.69, 9.17) is 15.2 Å². The molecule has 37 heavy (non-hydrogen) atoms. The highest BCUT2D eigenvalue weighted by Gasteiger charge is 2.31. The van der Waals surface area contributed by atoms with Gasteiger partial charge in [-0.05, 0) is 54.2 Å². The van der Waals surface area contributed by atoms with Crippen LogP contribution in [-0.2, 0) is 13.2 Å². The summed E-state index contributed by atoms with van der Waals surface area (Å²) in [5.74, 6) is 0.869. The van der Waals surface area contributed by atoms with Crippen molar-refractivity contribution >= 4 is 16.9 Å². The Morgan fingerprint density at radius 2 is 1.84 bits per heavy atom. The number of carbonyl (C=O) groups is 1. The minimum Gasteiger partial charge on any atom is -0.487 e. The molecule has 1 saturated carbocycles. The first-order chi connectivity index (χ1) is 18.1. The average molecular weight is 497 g/mol. The zero-order valence-corrected chi connectivity index (χ0v) is 20.9. The molecule has 0 bridgehead atoms. The number of para-hydroxylation sites is 1. The second kappa shape index (κ2) is 9.94. The van der Waals surface area contributed by atoms with E-state index in [-0.39, 0.29) is 11.6 Å². The van der Waals surface area contributed by atoms with Crippen molar-refractivity contribution in [2.45, 2.75) is 57.2 Å². The number of aromatic nitrogens is 1. The number of hydrogen-bond donors (Lipinski definition) is 2. The van der Waals surface area contributed by atoms with Crippen LogP contribution in [0.4, 0.5) is 0 Å². The zero-order valence-electron chi connectivity index (χ0n) is 20.9. The molecule has 1 aromatic heterocycles. The summed E-state index contributed by atoms with van der Waals surface area (Å²) in [6.45, 7) is 1.33. The lowest BCUT2D eigenvalue weighted by molar-refractivity contribution is 0.0697. The summed E-state index contributed by atoms with van der Waals surface area (Å²) < 4.78 is 14.9. The first-order valence-corrected chi connectivity index (χ1v) is 13.2. The van der Waals surface area contributed by atoms with Crippen molar-refractivity contribution in [2.75, 3.05) is 6.61 Å². The molecule has 0 radical (unpaired) electrons. The fourth-order valence-electron chi connectivity index (χ4n) is 5.97. The number of aromatic carboxylic acids is 1. The van der Waals surface area contributed by atoms with Crippen molar-refractivity contribution in [3.8, 4) is 22.8 Å². The Kier molecular flexibility index (Phi) is 6.35. The van der Waals surface area contributed by atoms with Crippen LogP contribution in [0.2, 0.25) is 0 Å². The molecule has 0 unspecified atom stereocenters. The van der Waals surface area contributed by atoms with E-state index in [1.807, 2.05) is 48.5 Å². The van der Waals surface area contributed by atoms with E-state index in [0.717, 1.165) is 40.6 Å². The SMILES string of the molecule is N[C@H]1COc2c(OCc3ccccc3)cccc2-c2c(C3CCCCC3)c3ccc(C(=O)O)cc3n2C1. The van der Waals surface area contributed by atoms with Gasteiger partial charge in [-0.3, -0.25) is 0 Å². The summed E-state index contributed by atoms with van der Waals surface area (Å²) >= 11 is 0. The van der Waals surface area contributed by atoms with Crippen molar-refractivity contribution in [3.05, 3.63) is 83.4 Å². The molecule has 3 aromatic carbocycles. The standard InChI is InChI=1S/C31H32N2O4/c32-23-17-33-26-16-22(31(34)35)14-15-24(26)28(21-10-5-2-6-11-21)29(33)25-12-7-13-27(30(25)37-19-23)36-18-20-8-3-1-4-9-20/h1,3-4,7-9,12-16,21,23H,2,5-6,10-11,17-19,32H2,(H,34,35)/t23-/m1/s1. The highest BCUT2D eigenvalue weighted by molar-refractivity contribution is 5.99. The van der Waals surface area contributed by atoms with Crippen molar-refractivity contribution in [2.24, 2.45) is 5.73 Å². The molecule has 0 amide bonds. The monoisotopic (exact) mass is 496 g/mol. The van der Waals surface area contributed by atoms with Gasteiger partial charge in [-0.25, -0.2) is 4.79 Å². The van der Waals surface area contributed by atoms with Gasteiger partial charge >= 0.3 is 5.97 Å². The third-order valence-electron chi connectivity index (χ3n) is 7.69.